The monoisotopic (exact) mass is 299 g/mol. The number of carbonyl (C=O) groups excluding carboxylic acids is 4. The van der Waals surface area contributed by atoms with Crippen LogP contribution in [0.1, 0.15) is 19.3 Å². The van der Waals surface area contributed by atoms with Gasteiger partial charge < -0.3 is 4.84 Å². The predicted octanol–water partition coefficient (Wildman–Crippen LogP) is -0.457. The van der Waals surface area contributed by atoms with Crippen molar-refractivity contribution in [1.82, 2.24) is 9.96 Å². The van der Waals surface area contributed by atoms with E-state index in [1.165, 1.54) is 11.9 Å². The van der Waals surface area contributed by atoms with Crippen molar-refractivity contribution in [3.63, 3.8) is 0 Å². The molecule has 2 heterocycles. The van der Waals surface area contributed by atoms with Crippen molar-refractivity contribution >= 4 is 40.6 Å². The molecule has 2 aliphatic heterocycles. The summed E-state index contributed by atoms with van der Waals surface area (Å²) in [5.41, 5.74) is 0. The van der Waals surface area contributed by atoms with Gasteiger partial charge >= 0.3 is 5.97 Å². The number of hydrogen-bond donors (Lipinski definition) is 0. The zero-order chi connectivity index (χ0) is 14.9. The number of hydrogen-bond acceptors (Lipinski definition) is 7. The third-order valence-corrected chi connectivity index (χ3v) is 4.22. The fourth-order valence-electron chi connectivity index (χ4n) is 1.79. The Hall–Kier alpha value is -1.90. The summed E-state index contributed by atoms with van der Waals surface area (Å²) in [7, 11) is 3.07. The van der Waals surface area contributed by atoms with Gasteiger partial charge in [0, 0.05) is 26.9 Å². The second-order valence-corrected chi connectivity index (χ2v) is 5.43. The molecule has 0 aromatic rings. The first-order valence-corrected chi connectivity index (χ1v) is 6.79. The van der Waals surface area contributed by atoms with Gasteiger partial charge in [-0.3, -0.25) is 24.3 Å². The molecule has 0 bridgehead atoms. The van der Waals surface area contributed by atoms with Crippen LogP contribution in [0.25, 0.3) is 0 Å². The molecule has 108 valence electrons. The minimum atomic E-state index is -0.807. The van der Waals surface area contributed by atoms with Crippen molar-refractivity contribution in [3.05, 3.63) is 0 Å². The van der Waals surface area contributed by atoms with Crippen LogP contribution in [-0.2, 0) is 24.0 Å². The largest absolute Gasteiger partial charge is 0.347 e. The van der Waals surface area contributed by atoms with Crippen molar-refractivity contribution < 1.29 is 24.0 Å². The molecule has 0 aromatic carbocycles. The lowest BCUT2D eigenvalue weighted by molar-refractivity contribution is -0.197. The SMILES string of the molecule is CN=C1S[C@@H](C(=O)ON2C(=O)CCC2=O)CC(=O)N1C. The summed E-state index contributed by atoms with van der Waals surface area (Å²) < 4.78 is 0. The van der Waals surface area contributed by atoms with Gasteiger partial charge in [0.05, 0.1) is 6.42 Å². The number of thioether (sulfide) groups is 1. The minimum Gasteiger partial charge on any atom is -0.329 e. The van der Waals surface area contributed by atoms with Crippen LogP contribution in [0.2, 0.25) is 0 Å². The molecule has 0 aliphatic carbocycles. The quantitative estimate of drug-likeness (QED) is 0.640. The molecule has 0 radical (unpaired) electrons. The molecule has 0 spiro atoms. The molecular formula is C11H13N3O5S. The van der Waals surface area contributed by atoms with Crippen LogP contribution < -0.4 is 0 Å². The van der Waals surface area contributed by atoms with Crippen molar-refractivity contribution in [1.29, 1.82) is 0 Å². The third-order valence-electron chi connectivity index (χ3n) is 2.91. The van der Waals surface area contributed by atoms with Gasteiger partial charge in [0.25, 0.3) is 11.8 Å². The standard InChI is InChI=1S/C11H13N3O5S/c1-12-11-13(2)9(17)5-6(20-11)10(18)19-14-7(15)3-4-8(14)16/h6H,3-5H2,1-2H3/t6-/m1/s1. The fourth-order valence-corrected chi connectivity index (χ4v) is 2.78. The molecule has 2 saturated heterocycles. The van der Waals surface area contributed by atoms with Crippen molar-refractivity contribution in [2.75, 3.05) is 14.1 Å². The Balaban J connectivity index is 2.04. The highest BCUT2D eigenvalue weighted by molar-refractivity contribution is 8.15. The van der Waals surface area contributed by atoms with Crippen LogP contribution in [-0.4, -0.2) is 58.2 Å². The van der Waals surface area contributed by atoms with E-state index in [4.69, 9.17) is 4.84 Å². The Morgan fingerprint density at radius 1 is 1.25 bits per heavy atom. The average Bonchev–Trinajstić information content (AvgIpc) is 2.73. The molecule has 0 aromatic heterocycles. The number of amides is 3. The Morgan fingerprint density at radius 2 is 1.85 bits per heavy atom. The molecule has 2 aliphatic rings. The van der Waals surface area contributed by atoms with E-state index >= 15 is 0 Å². The number of hydroxylamine groups is 2. The molecule has 2 fully saturated rings. The van der Waals surface area contributed by atoms with Gasteiger partial charge in [0.1, 0.15) is 5.25 Å². The highest BCUT2D eigenvalue weighted by atomic mass is 32.2. The number of amidine groups is 1. The van der Waals surface area contributed by atoms with Crippen LogP contribution >= 0.6 is 11.8 Å². The molecule has 8 nitrogen and oxygen atoms in total. The fraction of sp³-hybridized carbons (Fsp3) is 0.545. The summed E-state index contributed by atoms with van der Waals surface area (Å²) in [5, 5.41) is 0.0648. The van der Waals surface area contributed by atoms with Crippen LogP contribution in [0.4, 0.5) is 0 Å². The number of rotatable bonds is 2. The number of aliphatic imine (C=N–C) groups is 1. The van der Waals surface area contributed by atoms with Crippen LogP contribution in [0.5, 0.6) is 0 Å². The van der Waals surface area contributed by atoms with Gasteiger partial charge in [0.15, 0.2) is 5.17 Å². The highest BCUT2D eigenvalue weighted by Gasteiger charge is 2.39. The van der Waals surface area contributed by atoms with E-state index in [0.29, 0.717) is 10.2 Å². The number of imide groups is 1. The Morgan fingerprint density at radius 3 is 2.40 bits per heavy atom. The molecule has 0 N–H and O–H groups in total. The van der Waals surface area contributed by atoms with Crippen LogP contribution in [0.15, 0.2) is 4.99 Å². The molecule has 2 rings (SSSR count). The van der Waals surface area contributed by atoms with Gasteiger partial charge in [0.2, 0.25) is 5.91 Å². The van der Waals surface area contributed by atoms with E-state index in [-0.39, 0.29) is 25.2 Å². The number of nitrogens with zero attached hydrogens (tertiary/aromatic N) is 3. The molecule has 1 atom stereocenters. The van der Waals surface area contributed by atoms with Gasteiger partial charge in [-0.05, 0) is 0 Å². The van der Waals surface area contributed by atoms with Gasteiger partial charge in [-0.25, -0.2) is 4.79 Å². The maximum atomic E-state index is 11.9. The van der Waals surface area contributed by atoms with E-state index in [9.17, 15) is 19.2 Å². The smallest absolute Gasteiger partial charge is 0.329 e. The van der Waals surface area contributed by atoms with Crippen molar-refractivity contribution in [2.24, 2.45) is 4.99 Å². The van der Waals surface area contributed by atoms with Gasteiger partial charge in [-0.15, -0.1) is 5.06 Å². The van der Waals surface area contributed by atoms with E-state index in [1.807, 2.05) is 0 Å². The van der Waals surface area contributed by atoms with Gasteiger partial charge in [-0.1, -0.05) is 11.8 Å². The summed E-state index contributed by atoms with van der Waals surface area (Å²) in [6, 6.07) is 0. The van der Waals surface area contributed by atoms with E-state index < -0.39 is 23.0 Å². The Labute approximate surface area is 119 Å². The third kappa shape index (κ3) is 2.67. The molecule has 20 heavy (non-hydrogen) atoms. The maximum Gasteiger partial charge on any atom is 0.347 e. The zero-order valence-corrected chi connectivity index (χ0v) is 11.8. The average molecular weight is 299 g/mol. The Kier molecular flexibility index (Phi) is 4.07. The molecule has 0 unspecified atom stereocenters. The normalized spacial score (nSPS) is 25.6. The predicted molar refractivity (Wildman–Crippen MR) is 69.3 cm³/mol. The second kappa shape index (κ2) is 5.61. The summed E-state index contributed by atoms with van der Waals surface area (Å²) in [6.45, 7) is 0. The molecule has 3 amide bonds. The van der Waals surface area contributed by atoms with Crippen LogP contribution in [0, 0.1) is 0 Å². The number of carbonyl (C=O) groups is 4. The summed E-state index contributed by atoms with van der Waals surface area (Å²) in [6.07, 6.45) is 0.00968. The first kappa shape index (κ1) is 14.5. The zero-order valence-electron chi connectivity index (χ0n) is 11.0. The topological polar surface area (TPSA) is 96.3 Å². The maximum absolute atomic E-state index is 11.9. The molecular weight excluding hydrogens is 286 g/mol. The lowest BCUT2D eigenvalue weighted by Gasteiger charge is -2.28. The molecule has 0 saturated carbocycles. The van der Waals surface area contributed by atoms with E-state index in [2.05, 4.69) is 4.99 Å². The van der Waals surface area contributed by atoms with E-state index in [1.54, 1.807) is 7.05 Å². The van der Waals surface area contributed by atoms with Crippen LogP contribution in [0.3, 0.4) is 0 Å². The van der Waals surface area contributed by atoms with Crippen molar-refractivity contribution in [2.45, 2.75) is 24.5 Å². The second-order valence-electron chi connectivity index (χ2n) is 4.26. The first-order chi connectivity index (χ1) is 9.43. The van der Waals surface area contributed by atoms with Crippen molar-refractivity contribution in [3.8, 4) is 0 Å². The summed E-state index contributed by atoms with van der Waals surface area (Å²) in [4.78, 5) is 56.4. The molecule has 9 heteroatoms. The first-order valence-electron chi connectivity index (χ1n) is 5.91. The van der Waals surface area contributed by atoms with E-state index in [0.717, 1.165) is 11.8 Å². The highest BCUT2D eigenvalue weighted by Crippen LogP contribution is 2.27. The Bertz CT molecular complexity index is 502. The summed E-state index contributed by atoms with van der Waals surface area (Å²) >= 11 is 1.07. The van der Waals surface area contributed by atoms with Gasteiger partial charge in [-0.2, -0.15) is 0 Å². The lowest BCUT2D eigenvalue weighted by atomic mass is 10.3. The summed E-state index contributed by atoms with van der Waals surface area (Å²) in [5.74, 6) is -2.15. The minimum absolute atomic E-state index is 0.0350. The lowest BCUT2D eigenvalue weighted by Crippen LogP contribution is -2.44.